The lowest BCUT2D eigenvalue weighted by atomic mass is 9.79. The summed E-state index contributed by atoms with van der Waals surface area (Å²) in [5.41, 5.74) is -0.938. The average molecular weight is 361 g/mol. The maximum absolute atomic E-state index is 13.2. The van der Waals surface area contributed by atoms with Crippen LogP contribution in [-0.4, -0.2) is 35.0 Å². The monoisotopic (exact) mass is 361 g/mol. The van der Waals surface area contributed by atoms with E-state index in [1.165, 1.54) is 13.8 Å². The van der Waals surface area contributed by atoms with Crippen LogP contribution in [0.5, 0.6) is 0 Å². The Hall–Kier alpha value is -2.11. The molecular formula is C21H25F2NO2. The summed E-state index contributed by atoms with van der Waals surface area (Å²) in [6.45, 7) is 3.81. The SMILES string of the molecule is CC(=O)C(C)(NCCc1ccc(-c2ccccc2)cc1)C(C)(O)C(F)F. The van der Waals surface area contributed by atoms with Gasteiger partial charge in [-0.25, -0.2) is 8.78 Å². The first-order valence-corrected chi connectivity index (χ1v) is 8.59. The lowest BCUT2D eigenvalue weighted by Gasteiger charge is -2.41. The third kappa shape index (κ3) is 4.17. The summed E-state index contributed by atoms with van der Waals surface area (Å²) in [7, 11) is 0. The number of nitrogens with one attached hydrogen (secondary N) is 1. The summed E-state index contributed by atoms with van der Waals surface area (Å²) in [6.07, 6.45) is -2.48. The van der Waals surface area contributed by atoms with Crippen LogP contribution in [0.3, 0.4) is 0 Å². The number of aliphatic hydroxyl groups is 1. The molecule has 2 N–H and O–H groups in total. The molecule has 0 saturated carbocycles. The van der Waals surface area contributed by atoms with Crippen molar-refractivity contribution in [3.63, 3.8) is 0 Å². The van der Waals surface area contributed by atoms with Crippen molar-refractivity contribution >= 4 is 5.78 Å². The number of benzene rings is 2. The standard InChI is InChI=1S/C21H25F2NO2/c1-15(25)20(2,21(3,26)19(22)23)24-14-13-16-9-11-18(12-10-16)17-7-5-4-6-8-17/h4-12,19,24,26H,13-14H2,1-3H3. The Balaban J connectivity index is 2.03. The first-order valence-electron chi connectivity index (χ1n) is 8.59. The molecule has 0 amide bonds. The maximum atomic E-state index is 13.2. The second-order valence-electron chi connectivity index (χ2n) is 6.87. The van der Waals surface area contributed by atoms with Gasteiger partial charge < -0.3 is 10.4 Å². The Labute approximate surface area is 153 Å². The molecule has 0 aliphatic heterocycles. The summed E-state index contributed by atoms with van der Waals surface area (Å²) in [4.78, 5) is 11.9. The molecular weight excluding hydrogens is 336 g/mol. The zero-order valence-corrected chi connectivity index (χ0v) is 15.3. The topological polar surface area (TPSA) is 49.3 Å². The van der Waals surface area contributed by atoms with Crippen molar-refractivity contribution in [2.24, 2.45) is 0 Å². The number of halogens is 2. The molecule has 0 heterocycles. The van der Waals surface area contributed by atoms with E-state index in [-0.39, 0.29) is 0 Å². The Bertz CT molecular complexity index is 729. The molecule has 26 heavy (non-hydrogen) atoms. The van der Waals surface area contributed by atoms with E-state index in [0.29, 0.717) is 13.0 Å². The van der Waals surface area contributed by atoms with Gasteiger partial charge in [0.05, 0.1) is 0 Å². The van der Waals surface area contributed by atoms with E-state index in [2.05, 4.69) is 5.32 Å². The van der Waals surface area contributed by atoms with E-state index < -0.39 is 23.3 Å². The van der Waals surface area contributed by atoms with Crippen LogP contribution in [0.25, 0.3) is 11.1 Å². The minimum Gasteiger partial charge on any atom is -0.382 e. The summed E-state index contributed by atoms with van der Waals surface area (Å²) < 4.78 is 26.4. The quantitative estimate of drug-likeness (QED) is 0.751. The van der Waals surface area contributed by atoms with Gasteiger partial charge in [0.15, 0.2) is 5.78 Å². The smallest absolute Gasteiger partial charge is 0.268 e. The van der Waals surface area contributed by atoms with E-state index in [9.17, 15) is 18.7 Å². The normalized spacial score (nSPS) is 16.1. The van der Waals surface area contributed by atoms with Gasteiger partial charge in [0.25, 0.3) is 6.43 Å². The fourth-order valence-corrected chi connectivity index (χ4v) is 2.83. The van der Waals surface area contributed by atoms with Crippen molar-refractivity contribution in [3.8, 4) is 11.1 Å². The van der Waals surface area contributed by atoms with Crippen molar-refractivity contribution in [1.29, 1.82) is 0 Å². The lowest BCUT2D eigenvalue weighted by Crippen LogP contribution is -2.67. The lowest BCUT2D eigenvalue weighted by molar-refractivity contribution is -0.157. The molecule has 0 saturated heterocycles. The number of alkyl halides is 2. The third-order valence-corrected chi connectivity index (χ3v) is 5.09. The van der Waals surface area contributed by atoms with Crippen LogP contribution < -0.4 is 5.32 Å². The van der Waals surface area contributed by atoms with Crippen LogP contribution in [0.2, 0.25) is 0 Å². The van der Waals surface area contributed by atoms with E-state index in [0.717, 1.165) is 23.6 Å². The van der Waals surface area contributed by atoms with Gasteiger partial charge >= 0.3 is 0 Å². The molecule has 0 aliphatic rings. The number of hydrogen-bond acceptors (Lipinski definition) is 3. The zero-order valence-electron chi connectivity index (χ0n) is 15.3. The third-order valence-electron chi connectivity index (χ3n) is 5.09. The Morgan fingerprint density at radius 2 is 1.58 bits per heavy atom. The number of hydrogen-bond donors (Lipinski definition) is 2. The molecule has 2 unspecified atom stereocenters. The van der Waals surface area contributed by atoms with Crippen molar-refractivity contribution in [1.82, 2.24) is 5.32 Å². The van der Waals surface area contributed by atoms with Crippen molar-refractivity contribution in [3.05, 3.63) is 60.2 Å². The molecule has 0 bridgehead atoms. The largest absolute Gasteiger partial charge is 0.382 e. The van der Waals surface area contributed by atoms with Gasteiger partial charge in [0.1, 0.15) is 11.1 Å². The van der Waals surface area contributed by atoms with Crippen LogP contribution in [0, 0.1) is 0 Å². The minimum atomic E-state index is -3.03. The second-order valence-corrected chi connectivity index (χ2v) is 6.87. The Kier molecular flexibility index (Phi) is 6.26. The zero-order chi connectivity index (χ0) is 19.4. The van der Waals surface area contributed by atoms with E-state index in [4.69, 9.17) is 0 Å². The molecule has 3 nitrogen and oxygen atoms in total. The van der Waals surface area contributed by atoms with Gasteiger partial charge in [-0.05, 0) is 43.9 Å². The van der Waals surface area contributed by atoms with Crippen LogP contribution in [0.1, 0.15) is 26.3 Å². The minimum absolute atomic E-state index is 0.295. The molecule has 2 aromatic rings. The summed E-state index contributed by atoms with van der Waals surface area (Å²) >= 11 is 0. The molecule has 2 rings (SSSR count). The highest BCUT2D eigenvalue weighted by Crippen LogP contribution is 2.29. The molecule has 0 spiro atoms. The molecule has 0 aromatic heterocycles. The van der Waals surface area contributed by atoms with Gasteiger partial charge in [-0.15, -0.1) is 0 Å². The van der Waals surface area contributed by atoms with Gasteiger partial charge in [0, 0.05) is 6.54 Å². The Morgan fingerprint density at radius 1 is 1.04 bits per heavy atom. The van der Waals surface area contributed by atoms with Crippen molar-refractivity contribution in [2.75, 3.05) is 6.54 Å². The fourth-order valence-electron chi connectivity index (χ4n) is 2.83. The van der Waals surface area contributed by atoms with Crippen LogP contribution >= 0.6 is 0 Å². The molecule has 2 aromatic carbocycles. The van der Waals surface area contributed by atoms with Crippen molar-refractivity contribution < 1.29 is 18.7 Å². The van der Waals surface area contributed by atoms with Crippen LogP contribution in [0.4, 0.5) is 8.78 Å². The van der Waals surface area contributed by atoms with Gasteiger partial charge in [0.2, 0.25) is 0 Å². The number of rotatable bonds is 8. The molecule has 140 valence electrons. The molecule has 2 atom stereocenters. The first-order chi connectivity index (χ1) is 12.2. The van der Waals surface area contributed by atoms with Crippen LogP contribution in [0.15, 0.2) is 54.6 Å². The number of ketones is 1. The summed E-state index contributed by atoms with van der Waals surface area (Å²) in [5.74, 6) is -0.526. The average Bonchev–Trinajstić information content (AvgIpc) is 2.62. The predicted molar refractivity (Wildman–Crippen MR) is 99.3 cm³/mol. The number of carbonyl (C=O) groups excluding carboxylic acids is 1. The Morgan fingerprint density at radius 3 is 2.08 bits per heavy atom. The number of carbonyl (C=O) groups is 1. The fraction of sp³-hybridized carbons (Fsp3) is 0.381. The van der Waals surface area contributed by atoms with E-state index in [1.807, 2.05) is 54.6 Å². The predicted octanol–water partition coefficient (Wildman–Crippen LogP) is 3.85. The molecule has 0 fully saturated rings. The highest BCUT2D eigenvalue weighted by Gasteiger charge is 2.52. The number of Topliss-reactive ketones (excluding diaryl/α,β-unsaturated/α-hetero) is 1. The molecule has 0 aliphatic carbocycles. The van der Waals surface area contributed by atoms with Gasteiger partial charge in [-0.1, -0.05) is 54.6 Å². The van der Waals surface area contributed by atoms with E-state index >= 15 is 0 Å². The van der Waals surface area contributed by atoms with Gasteiger partial charge in [-0.2, -0.15) is 0 Å². The van der Waals surface area contributed by atoms with E-state index in [1.54, 1.807) is 0 Å². The maximum Gasteiger partial charge on any atom is 0.268 e. The highest BCUT2D eigenvalue weighted by atomic mass is 19.3. The second kappa shape index (κ2) is 8.06. The highest BCUT2D eigenvalue weighted by molar-refractivity contribution is 5.87. The molecule has 5 heteroatoms. The van der Waals surface area contributed by atoms with Gasteiger partial charge in [-0.3, -0.25) is 4.79 Å². The van der Waals surface area contributed by atoms with Crippen molar-refractivity contribution in [2.45, 2.75) is 44.8 Å². The molecule has 0 radical (unpaired) electrons. The summed E-state index contributed by atoms with van der Waals surface area (Å²) in [5, 5.41) is 12.9. The summed E-state index contributed by atoms with van der Waals surface area (Å²) in [6, 6.07) is 17.9. The van der Waals surface area contributed by atoms with Crippen LogP contribution in [-0.2, 0) is 11.2 Å². The first kappa shape index (κ1) is 20.2.